The fraction of sp³-hybridized carbons (Fsp3) is 0.527. The highest BCUT2D eigenvalue weighted by Gasteiger charge is 2.37. The third kappa shape index (κ3) is 11.2. The molecule has 0 bridgehead atoms. The van der Waals surface area contributed by atoms with Gasteiger partial charge in [-0.15, -0.1) is 0 Å². The summed E-state index contributed by atoms with van der Waals surface area (Å²) in [7, 11) is 0. The molecule has 3 aliphatic rings. The molecule has 3 aliphatic carbocycles. The molecule has 0 saturated heterocycles. The Bertz CT molecular complexity index is 1750. The Morgan fingerprint density at radius 1 is 0.492 bits per heavy atom. The molecule has 0 spiro atoms. The molecule has 0 radical (unpaired) electrons. The van der Waals surface area contributed by atoms with Crippen molar-refractivity contribution in [2.75, 3.05) is 0 Å². The Hall–Kier alpha value is -4.18. The zero-order valence-electron chi connectivity index (χ0n) is 36.4. The van der Waals surface area contributed by atoms with Crippen LogP contribution in [0, 0.1) is 17.8 Å². The van der Waals surface area contributed by atoms with Crippen LogP contribution in [0.4, 0.5) is 0 Å². The van der Waals surface area contributed by atoms with E-state index in [0.717, 1.165) is 37.5 Å². The monoisotopic (exact) mass is 795 g/mol. The summed E-state index contributed by atoms with van der Waals surface area (Å²) in [5, 5.41) is 0. The zero-order chi connectivity index (χ0) is 41.0. The molecular weight excluding hydrogens is 725 g/mol. The molecule has 0 N–H and O–H groups in total. The van der Waals surface area contributed by atoms with Crippen LogP contribution in [-0.4, -0.2) is 11.9 Å². The van der Waals surface area contributed by atoms with Gasteiger partial charge in [0.25, 0.3) is 0 Å². The van der Waals surface area contributed by atoms with E-state index >= 15 is 0 Å². The minimum absolute atomic E-state index is 0.160. The van der Waals surface area contributed by atoms with Crippen LogP contribution in [0.5, 0.6) is 11.5 Å². The van der Waals surface area contributed by atoms with Gasteiger partial charge in [0.1, 0.15) is 11.5 Å². The van der Waals surface area contributed by atoms with Crippen molar-refractivity contribution in [1.29, 1.82) is 0 Å². The Balaban J connectivity index is 0.937. The van der Waals surface area contributed by atoms with Crippen molar-refractivity contribution in [1.82, 2.24) is 0 Å². The first kappa shape index (κ1) is 42.9. The molecule has 4 aromatic carbocycles. The number of hydrogen-bond acceptors (Lipinski definition) is 4. The van der Waals surface area contributed by atoms with Crippen molar-refractivity contribution in [3.8, 4) is 11.5 Å². The van der Waals surface area contributed by atoms with E-state index in [-0.39, 0.29) is 17.4 Å². The molecule has 0 unspecified atom stereocenters. The molecule has 4 nitrogen and oxygen atoms in total. The predicted octanol–water partition coefficient (Wildman–Crippen LogP) is 15.3. The van der Waals surface area contributed by atoms with Crippen molar-refractivity contribution in [2.45, 2.75) is 166 Å². The third-order valence-electron chi connectivity index (χ3n) is 14.7. The lowest BCUT2D eigenvalue weighted by Crippen LogP contribution is -2.32. The maximum Gasteiger partial charge on any atom is 0.343 e. The minimum Gasteiger partial charge on any atom is -0.423 e. The summed E-state index contributed by atoms with van der Waals surface area (Å²) in [6.45, 7) is 6.90. The minimum atomic E-state index is -0.318. The lowest BCUT2D eigenvalue weighted by molar-refractivity contribution is 0.0725. The fourth-order valence-corrected chi connectivity index (χ4v) is 10.7. The number of unbranched alkanes of at least 4 members (excludes halogenated alkanes) is 4. The molecule has 4 heteroatoms. The molecule has 314 valence electrons. The van der Waals surface area contributed by atoms with E-state index < -0.39 is 0 Å². The van der Waals surface area contributed by atoms with Crippen molar-refractivity contribution in [2.24, 2.45) is 17.8 Å². The summed E-state index contributed by atoms with van der Waals surface area (Å²) in [5.74, 6) is 4.13. The second-order valence-electron chi connectivity index (χ2n) is 18.8. The van der Waals surface area contributed by atoms with Crippen LogP contribution in [0.1, 0.15) is 204 Å². The van der Waals surface area contributed by atoms with E-state index in [9.17, 15) is 9.59 Å². The van der Waals surface area contributed by atoms with Gasteiger partial charge in [-0.2, -0.15) is 0 Å². The second kappa shape index (κ2) is 20.9. The van der Waals surface area contributed by atoms with Gasteiger partial charge < -0.3 is 9.47 Å². The second-order valence-corrected chi connectivity index (χ2v) is 18.8. The first-order valence-corrected chi connectivity index (χ1v) is 23.7. The Morgan fingerprint density at radius 2 is 0.864 bits per heavy atom. The number of ether oxygens (including phenoxy) is 2. The maximum absolute atomic E-state index is 13.2. The van der Waals surface area contributed by atoms with Gasteiger partial charge >= 0.3 is 11.9 Å². The number of carbonyl (C=O) groups is 2. The summed E-state index contributed by atoms with van der Waals surface area (Å²) < 4.78 is 11.8. The van der Waals surface area contributed by atoms with Gasteiger partial charge in [-0.25, -0.2) is 9.59 Å². The van der Waals surface area contributed by atoms with Crippen LogP contribution in [0.3, 0.4) is 0 Å². The standard InChI is InChI=1S/C55H70O4/c1-4-6-8-10-41-12-16-43(17-13-41)45-20-24-47(25-21-45)53(56)58-51-32-28-49(29-33-51)55(38-36-40(3)37-39-55)50-30-34-52(35-31-50)59-54(57)48-26-22-46(23-27-48)44-18-14-42(15-19-44)11-9-7-5-2/h20-35,40-44H,4-19,36-39H2,1-3H3. The quantitative estimate of drug-likeness (QED) is 0.0644. The van der Waals surface area contributed by atoms with Crippen LogP contribution in [-0.2, 0) is 5.41 Å². The molecule has 0 aromatic heterocycles. The van der Waals surface area contributed by atoms with Gasteiger partial charge in [0.15, 0.2) is 0 Å². The van der Waals surface area contributed by atoms with E-state index in [0.29, 0.717) is 40.4 Å². The summed E-state index contributed by atoms with van der Waals surface area (Å²) in [4.78, 5) is 26.5. The molecule has 3 saturated carbocycles. The number of benzene rings is 4. The average molecular weight is 795 g/mol. The highest BCUT2D eigenvalue weighted by molar-refractivity contribution is 5.91. The SMILES string of the molecule is CCCCCC1CCC(c2ccc(C(=O)Oc3ccc(C4(c5ccc(OC(=O)c6ccc(C7CCC(CCCCC)CC7)cc6)cc5)CCC(C)CC4)cc3)cc2)CC1. The third-order valence-corrected chi connectivity index (χ3v) is 14.7. The lowest BCUT2D eigenvalue weighted by Gasteiger charge is -2.40. The predicted molar refractivity (Wildman–Crippen MR) is 242 cm³/mol. The Kier molecular flexibility index (Phi) is 15.2. The van der Waals surface area contributed by atoms with Gasteiger partial charge in [0.2, 0.25) is 0 Å². The van der Waals surface area contributed by atoms with Crippen molar-refractivity contribution >= 4 is 11.9 Å². The molecule has 0 heterocycles. The highest BCUT2D eigenvalue weighted by Crippen LogP contribution is 2.47. The van der Waals surface area contributed by atoms with Crippen molar-refractivity contribution < 1.29 is 19.1 Å². The van der Waals surface area contributed by atoms with Crippen molar-refractivity contribution in [3.63, 3.8) is 0 Å². The van der Waals surface area contributed by atoms with Gasteiger partial charge in [0, 0.05) is 5.41 Å². The molecular formula is C55H70O4. The van der Waals surface area contributed by atoms with Gasteiger partial charge in [-0.05, 0) is 177 Å². The van der Waals surface area contributed by atoms with Crippen LogP contribution in [0.25, 0.3) is 0 Å². The first-order valence-electron chi connectivity index (χ1n) is 23.7. The molecule has 4 aromatic rings. The Morgan fingerprint density at radius 3 is 1.22 bits per heavy atom. The van der Waals surface area contributed by atoms with E-state index in [1.54, 1.807) is 0 Å². The summed E-state index contributed by atoms with van der Waals surface area (Å²) in [5.41, 5.74) is 6.17. The van der Waals surface area contributed by atoms with Crippen LogP contribution in [0.15, 0.2) is 97.1 Å². The summed E-state index contributed by atoms with van der Waals surface area (Å²) >= 11 is 0. The summed E-state index contributed by atoms with van der Waals surface area (Å²) in [6.07, 6.45) is 25.4. The van der Waals surface area contributed by atoms with Crippen molar-refractivity contribution in [3.05, 3.63) is 130 Å². The smallest absolute Gasteiger partial charge is 0.343 e. The van der Waals surface area contributed by atoms with Gasteiger partial charge in [0.05, 0.1) is 11.1 Å². The maximum atomic E-state index is 13.2. The number of rotatable bonds is 16. The number of carbonyl (C=O) groups excluding carboxylic acids is 2. The molecule has 3 fully saturated rings. The van der Waals surface area contributed by atoms with E-state index in [1.807, 2.05) is 48.5 Å². The Labute approximate surface area is 355 Å². The molecule has 59 heavy (non-hydrogen) atoms. The van der Waals surface area contributed by atoms with Crippen LogP contribution in [0.2, 0.25) is 0 Å². The lowest BCUT2D eigenvalue weighted by atomic mass is 9.63. The normalized spacial score (nSPS) is 24.6. The molecule has 0 amide bonds. The van der Waals surface area contributed by atoms with E-state index in [4.69, 9.17) is 9.47 Å². The van der Waals surface area contributed by atoms with Gasteiger partial charge in [-0.3, -0.25) is 0 Å². The molecule has 0 atom stereocenters. The highest BCUT2D eigenvalue weighted by atomic mass is 16.5. The van der Waals surface area contributed by atoms with Crippen LogP contribution < -0.4 is 9.47 Å². The van der Waals surface area contributed by atoms with E-state index in [1.165, 1.54) is 125 Å². The number of esters is 2. The largest absolute Gasteiger partial charge is 0.423 e. The fourth-order valence-electron chi connectivity index (χ4n) is 10.7. The summed E-state index contributed by atoms with van der Waals surface area (Å²) in [6, 6.07) is 32.6. The first-order chi connectivity index (χ1) is 28.8. The zero-order valence-corrected chi connectivity index (χ0v) is 36.4. The van der Waals surface area contributed by atoms with E-state index in [2.05, 4.69) is 69.3 Å². The molecule has 7 rings (SSSR count). The van der Waals surface area contributed by atoms with Crippen LogP contribution >= 0.6 is 0 Å². The molecule has 0 aliphatic heterocycles. The number of hydrogen-bond donors (Lipinski definition) is 0. The van der Waals surface area contributed by atoms with Gasteiger partial charge in [-0.1, -0.05) is 121 Å². The average Bonchev–Trinajstić information content (AvgIpc) is 3.28. The topological polar surface area (TPSA) is 52.6 Å².